The lowest BCUT2D eigenvalue weighted by molar-refractivity contribution is 0.0702. The molecule has 0 unspecified atom stereocenters. The van der Waals surface area contributed by atoms with Gasteiger partial charge >= 0.3 is 5.97 Å². The number of hydrogen-bond donors (Lipinski definition) is 1. The van der Waals surface area contributed by atoms with Crippen molar-refractivity contribution in [2.45, 2.75) is 0 Å². The third-order valence-corrected chi connectivity index (χ3v) is 3.12. The predicted molar refractivity (Wildman–Crippen MR) is 61.7 cm³/mol. The summed E-state index contributed by atoms with van der Waals surface area (Å²) in [6, 6.07) is 9.00. The van der Waals surface area contributed by atoms with Crippen LogP contribution in [0.5, 0.6) is 0 Å². The Morgan fingerprint density at radius 1 is 1.27 bits per heavy atom. The largest absolute Gasteiger partial charge is 0.477 e. The highest BCUT2D eigenvalue weighted by molar-refractivity contribution is 7.12. The summed E-state index contributed by atoms with van der Waals surface area (Å²) in [5.41, 5.74) is 1.83. The minimum absolute atomic E-state index is 0.338. The van der Waals surface area contributed by atoms with E-state index in [1.54, 1.807) is 12.1 Å². The van der Waals surface area contributed by atoms with Crippen molar-refractivity contribution in [2.75, 3.05) is 0 Å². The molecule has 2 nitrogen and oxygen atoms in total. The first kappa shape index (κ1) is 10.2. The first-order valence-corrected chi connectivity index (χ1v) is 5.50. The van der Waals surface area contributed by atoms with Crippen LogP contribution in [0.25, 0.3) is 11.1 Å². The third kappa shape index (κ3) is 2.19. The third-order valence-electron chi connectivity index (χ3n) is 1.97. The van der Waals surface area contributed by atoms with E-state index in [0.717, 1.165) is 11.1 Å². The number of aromatic carboxylic acids is 1. The number of thiophene rings is 1. The number of carboxylic acid groups (broad SMARTS) is 1. The van der Waals surface area contributed by atoms with E-state index in [0.29, 0.717) is 9.90 Å². The maximum atomic E-state index is 10.7. The Morgan fingerprint density at radius 2 is 2.07 bits per heavy atom. The van der Waals surface area contributed by atoms with Crippen LogP contribution in [0.3, 0.4) is 0 Å². The van der Waals surface area contributed by atoms with E-state index in [9.17, 15) is 4.79 Å². The summed E-state index contributed by atoms with van der Waals surface area (Å²) >= 11 is 7.07. The molecule has 0 saturated heterocycles. The molecule has 0 saturated carbocycles. The van der Waals surface area contributed by atoms with Crippen LogP contribution >= 0.6 is 22.9 Å². The zero-order valence-corrected chi connectivity index (χ0v) is 9.18. The van der Waals surface area contributed by atoms with Gasteiger partial charge in [-0.2, -0.15) is 0 Å². The molecule has 2 aromatic rings. The van der Waals surface area contributed by atoms with E-state index in [4.69, 9.17) is 16.7 Å². The van der Waals surface area contributed by atoms with Crippen molar-refractivity contribution in [3.8, 4) is 11.1 Å². The first-order chi connectivity index (χ1) is 7.16. The molecule has 0 aliphatic heterocycles. The number of benzene rings is 1. The predicted octanol–water partition coefficient (Wildman–Crippen LogP) is 3.77. The summed E-state index contributed by atoms with van der Waals surface area (Å²) in [5, 5.41) is 11.2. The van der Waals surface area contributed by atoms with Gasteiger partial charge in [0.1, 0.15) is 4.88 Å². The van der Waals surface area contributed by atoms with Gasteiger partial charge in [0.15, 0.2) is 0 Å². The van der Waals surface area contributed by atoms with Gasteiger partial charge in [-0.3, -0.25) is 0 Å². The summed E-state index contributed by atoms with van der Waals surface area (Å²) in [6.45, 7) is 0. The summed E-state index contributed by atoms with van der Waals surface area (Å²) in [7, 11) is 0. The number of carboxylic acids is 1. The van der Waals surface area contributed by atoms with Crippen LogP contribution in [0, 0.1) is 0 Å². The Kier molecular flexibility index (Phi) is 2.75. The molecule has 0 radical (unpaired) electrons. The minimum atomic E-state index is -0.895. The molecular formula is C11H7ClO2S. The number of carbonyl (C=O) groups is 1. The monoisotopic (exact) mass is 238 g/mol. The van der Waals surface area contributed by atoms with Crippen LogP contribution < -0.4 is 0 Å². The molecule has 1 heterocycles. The van der Waals surface area contributed by atoms with E-state index in [1.165, 1.54) is 11.3 Å². The molecule has 0 amide bonds. The summed E-state index contributed by atoms with van der Waals surface area (Å²) < 4.78 is 0. The van der Waals surface area contributed by atoms with Crippen molar-refractivity contribution in [3.63, 3.8) is 0 Å². The summed E-state index contributed by atoms with van der Waals surface area (Å²) in [4.78, 5) is 11.0. The molecule has 0 bridgehead atoms. The molecule has 2 rings (SSSR count). The molecule has 4 heteroatoms. The second-order valence-corrected chi connectivity index (χ2v) is 4.36. The van der Waals surface area contributed by atoms with Crippen molar-refractivity contribution in [2.24, 2.45) is 0 Å². The molecule has 1 N–H and O–H groups in total. The van der Waals surface area contributed by atoms with Crippen LogP contribution in [-0.2, 0) is 0 Å². The fourth-order valence-corrected chi connectivity index (χ4v) is 2.21. The van der Waals surface area contributed by atoms with E-state index >= 15 is 0 Å². The van der Waals surface area contributed by atoms with Gasteiger partial charge in [0.2, 0.25) is 0 Å². The van der Waals surface area contributed by atoms with Crippen LogP contribution in [-0.4, -0.2) is 11.1 Å². The molecule has 1 aromatic heterocycles. The lowest BCUT2D eigenvalue weighted by Gasteiger charge is -1.97. The van der Waals surface area contributed by atoms with Crippen molar-refractivity contribution in [3.05, 3.63) is 45.6 Å². The maximum Gasteiger partial charge on any atom is 0.345 e. The zero-order chi connectivity index (χ0) is 10.8. The topological polar surface area (TPSA) is 37.3 Å². The van der Waals surface area contributed by atoms with Crippen LogP contribution in [0.2, 0.25) is 5.02 Å². The van der Waals surface area contributed by atoms with Gasteiger partial charge in [-0.05, 0) is 34.7 Å². The average Bonchev–Trinajstić information content (AvgIpc) is 2.66. The smallest absolute Gasteiger partial charge is 0.345 e. The molecule has 0 spiro atoms. The Labute approximate surface area is 95.8 Å². The number of halogens is 1. The van der Waals surface area contributed by atoms with E-state index in [2.05, 4.69) is 0 Å². The Balaban J connectivity index is 2.41. The fraction of sp³-hybridized carbons (Fsp3) is 0. The molecule has 0 aliphatic rings. The second kappa shape index (κ2) is 4.04. The lowest BCUT2D eigenvalue weighted by atomic mass is 10.1. The van der Waals surface area contributed by atoms with E-state index in [1.807, 2.05) is 23.6 Å². The fourth-order valence-electron chi connectivity index (χ4n) is 1.27. The van der Waals surface area contributed by atoms with Crippen LogP contribution in [0.4, 0.5) is 0 Å². The van der Waals surface area contributed by atoms with Gasteiger partial charge in [0.05, 0.1) is 0 Å². The molecule has 0 fully saturated rings. The Hall–Kier alpha value is -1.32. The molecule has 1 aromatic carbocycles. The van der Waals surface area contributed by atoms with Gasteiger partial charge in [-0.25, -0.2) is 4.79 Å². The maximum absolute atomic E-state index is 10.7. The van der Waals surface area contributed by atoms with E-state index < -0.39 is 5.97 Å². The zero-order valence-electron chi connectivity index (χ0n) is 7.61. The molecule has 0 aliphatic carbocycles. The normalized spacial score (nSPS) is 10.2. The highest BCUT2D eigenvalue weighted by Gasteiger charge is 2.07. The van der Waals surface area contributed by atoms with Gasteiger partial charge in [-0.1, -0.05) is 23.7 Å². The molecule has 0 atom stereocenters. The second-order valence-electron chi connectivity index (χ2n) is 3.02. The highest BCUT2D eigenvalue weighted by Crippen LogP contribution is 2.27. The van der Waals surface area contributed by atoms with Crippen molar-refractivity contribution < 1.29 is 9.90 Å². The Bertz CT molecular complexity index is 505. The van der Waals surface area contributed by atoms with E-state index in [-0.39, 0.29) is 0 Å². The van der Waals surface area contributed by atoms with Crippen molar-refractivity contribution in [1.29, 1.82) is 0 Å². The minimum Gasteiger partial charge on any atom is -0.477 e. The standard InChI is InChI=1S/C11H7ClO2S/c12-9-3-1-2-7(4-9)8-5-10(11(13)14)15-6-8/h1-6H,(H,13,14). The van der Waals surface area contributed by atoms with Gasteiger partial charge in [0, 0.05) is 5.02 Å². The highest BCUT2D eigenvalue weighted by atomic mass is 35.5. The lowest BCUT2D eigenvalue weighted by Crippen LogP contribution is -1.89. The van der Waals surface area contributed by atoms with Crippen LogP contribution in [0.15, 0.2) is 35.7 Å². The SMILES string of the molecule is O=C(O)c1cc(-c2cccc(Cl)c2)cs1. The number of rotatable bonds is 2. The number of hydrogen-bond acceptors (Lipinski definition) is 2. The van der Waals surface area contributed by atoms with Gasteiger partial charge in [0.25, 0.3) is 0 Å². The summed E-state index contributed by atoms with van der Waals surface area (Å²) in [5.74, 6) is -0.895. The molecule has 15 heavy (non-hydrogen) atoms. The van der Waals surface area contributed by atoms with Crippen molar-refractivity contribution >= 4 is 28.9 Å². The summed E-state index contributed by atoms with van der Waals surface area (Å²) in [6.07, 6.45) is 0. The first-order valence-electron chi connectivity index (χ1n) is 4.24. The molecular weight excluding hydrogens is 232 g/mol. The van der Waals surface area contributed by atoms with Gasteiger partial charge < -0.3 is 5.11 Å². The van der Waals surface area contributed by atoms with Crippen LogP contribution in [0.1, 0.15) is 9.67 Å². The van der Waals surface area contributed by atoms with Gasteiger partial charge in [-0.15, -0.1) is 11.3 Å². The quantitative estimate of drug-likeness (QED) is 0.865. The van der Waals surface area contributed by atoms with Crippen molar-refractivity contribution in [1.82, 2.24) is 0 Å². The average molecular weight is 239 g/mol. The molecule has 76 valence electrons. The Morgan fingerprint density at radius 3 is 2.67 bits per heavy atom.